The second-order valence-corrected chi connectivity index (χ2v) is 15.5. The minimum Gasteiger partial charge on any atom is -0.349 e. The number of rotatable bonds is 6. The normalized spacial score (nSPS) is 19.2. The molecule has 252 valence electrons. The van der Waals surface area contributed by atoms with E-state index in [2.05, 4.69) is 31.2 Å². The smallest absolute Gasteiger partial charge is 0.263 e. The molecule has 2 atom stereocenters. The molecule has 0 bridgehead atoms. The zero-order valence-corrected chi connectivity index (χ0v) is 29.2. The molecule has 0 aliphatic carbocycles. The number of benzene rings is 2. The van der Waals surface area contributed by atoms with Crippen LogP contribution in [0.1, 0.15) is 59.9 Å². The van der Waals surface area contributed by atoms with Crippen LogP contribution < -0.4 is 21.3 Å². The zero-order chi connectivity index (χ0) is 35.0. The average Bonchev–Trinajstić information content (AvgIpc) is 3.74. The molecule has 0 unspecified atom stereocenters. The van der Waals surface area contributed by atoms with E-state index in [9.17, 15) is 28.0 Å². The van der Waals surface area contributed by atoms with Crippen molar-refractivity contribution >= 4 is 69.5 Å². The lowest BCUT2D eigenvalue weighted by atomic mass is 10.0. The van der Waals surface area contributed by atoms with Gasteiger partial charge in [0, 0.05) is 32.3 Å². The summed E-state index contributed by atoms with van der Waals surface area (Å²) < 4.78 is 26.9. The Bertz CT molecular complexity index is 1740. The number of carbonyl (C=O) groups excluding carboxylic acids is 4. The lowest BCUT2D eigenvalue weighted by molar-refractivity contribution is -0.122. The van der Waals surface area contributed by atoms with Gasteiger partial charge in [-0.3, -0.25) is 19.2 Å². The third-order valence-corrected chi connectivity index (χ3v) is 9.80. The monoisotopic (exact) mass is 734 g/mol. The molecule has 2 fully saturated rings. The largest absolute Gasteiger partial charge is 0.349 e. The maximum absolute atomic E-state index is 13.4. The molecule has 16 heteroatoms. The topological polar surface area (TPSA) is 142 Å². The van der Waals surface area contributed by atoms with Gasteiger partial charge in [0.25, 0.3) is 11.8 Å². The van der Waals surface area contributed by atoms with Gasteiger partial charge < -0.3 is 21.3 Å². The summed E-state index contributed by atoms with van der Waals surface area (Å²) in [7, 11) is 0. The Kier molecular flexibility index (Phi) is 10.2. The van der Waals surface area contributed by atoms with Crippen LogP contribution in [0, 0.1) is 11.6 Å². The highest BCUT2D eigenvalue weighted by Gasteiger charge is 2.39. The van der Waals surface area contributed by atoms with Gasteiger partial charge in [-0.25, -0.2) is 18.7 Å². The molecule has 4 N–H and O–H groups in total. The highest BCUT2D eigenvalue weighted by Crippen LogP contribution is 2.30. The predicted molar refractivity (Wildman–Crippen MR) is 181 cm³/mol. The maximum atomic E-state index is 13.4. The van der Waals surface area contributed by atoms with Gasteiger partial charge in [0.2, 0.25) is 11.8 Å². The van der Waals surface area contributed by atoms with Crippen LogP contribution in [0.5, 0.6) is 0 Å². The van der Waals surface area contributed by atoms with Crippen molar-refractivity contribution in [1.29, 1.82) is 0 Å². The van der Waals surface area contributed by atoms with E-state index in [1.807, 2.05) is 27.7 Å². The number of hydrogen-bond acceptors (Lipinski definition) is 8. The van der Waals surface area contributed by atoms with E-state index < -0.39 is 23.7 Å². The number of amides is 4. The highest BCUT2D eigenvalue weighted by atomic mass is 35.5. The molecule has 10 nitrogen and oxygen atoms in total. The number of nitrogens with one attached hydrogen (secondary N) is 4. The van der Waals surface area contributed by atoms with Crippen molar-refractivity contribution in [2.24, 2.45) is 0 Å². The van der Waals surface area contributed by atoms with Crippen LogP contribution in [0.3, 0.4) is 0 Å². The first kappa shape index (κ1) is 35.3. The Balaban J connectivity index is 0.000000188. The van der Waals surface area contributed by atoms with E-state index >= 15 is 0 Å². The SMILES string of the molecule is CC1(C)C[C@@H](NC(=O)c2cnc(-c3cc(F)cc(Cl)c3)s2)C(=O)N1.CC1(C)C[C@H](NC(=O)c2cnc(-c3cc(F)cc(Cl)c3)s2)C(=O)N1. The number of carbonyl (C=O) groups is 4. The van der Waals surface area contributed by atoms with Crippen molar-refractivity contribution in [3.63, 3.8) is 0 Å². The van der Waals surface area contributed by atoms with Crippen molar-refractivity contribution in [2.75, 3.05) is 0 Å². The Morgan fingerprint density at radius 3 is 1.42 bits per heavy atom. The summed E-state index contributed by atoms with van der Waals surface area (Å²) in [4.78, 5) is 57.3. The number of nitrogens with zero attached hydrogens (tertiary/aromatic N) is 2. The van der Waals surface area contributed by atoms with E-state index in [-0.39, 0.29) is 44.8 Å². The van der Waals surface area contributed by atoms with Crippen LogP contribution in [0.15, 0.2) is 48.8 Å². The Morgan fingerprint density at radius 1 is 0.729 bits per heavy atom. The molecule has 2 aliphatic rings. The lowest BCUT2D eigenvalue weighted by Gasteiger charge is -2.16. The number of aromatic nitrogens is 2. The molecule has 0 radical (unpaired) electrons. The molecular weight excluding hydrogens is 705 g/mol. The summed E-state index contributed by atoms with van der Waals surface area (Å²) in [6.45, 7) is 7.59. The first-order chi connectivity index (χ1) is 22.5. The van der Waals surface area contributed by atoms with Gasteiger partial charge in [0.05, 0.1) is 12.4 Å². The molecule has 48 heavy (non-hydrogen) atoms. The zero-order valence-electron chi connectivity index (χ0n) is 26.0. The minimum atomic E-state index is -0.568. The van der Waals surface area contributed by atoms with Crippen molar-refractivity contribution in [1.82, 2.24) is 31.2 Å². The number of halogens is 4. The molecular formula is C32H30Cl2F2N6O4S2. The van der Waals surface area contributed by atoms with Gasteiger partial charge >= 0.3 is 0 Å². The Labute approximate surface area is 292 Å². The summed E-state index contributed by atoms with van der Waals surface area (Å²) in [6.07, 6.45) is 3.85. The standard InChI is InChI=1S/2C16H15ClFN3O2S/c2*1-16(2)6-11(13(22)21-16)20-14(23)12-7-19-15(24-12)8-3-9(17)5-10(18)4-8/h2*3-5,7,11H,6H2,1-2H3,(H,20,23)(H,21,22)/t2*11-/m10/s1. The van der Waals surface area contributed by atoms with Crippen LogP contribution >= 0.6 is 45.9 Å². The average molecular weight is 736 g/mol. The lowest BCUT2D eigenvalue weighted by Crippen LogP contribution is -2.40. The highest BCUT2D eigenvalue weighted by molar-refractivity contribution is 7.17. The van der Waals surface area contributed by atoms with E-state index in [0.717, 1.165) is 22.7 Å². The first-order valence-corrected chi connectivity index (χ1v) is 17.0. The summed E-state index contributed by atoms with van der Waals surface area (Å²) in [5.41, 5.74) is 0.325. The van der Waals surface area contributed by atoms with Crippen LogP contribution in [0.2, 0.25) is 10.0 Å². The van der Waals surface area contributed by atoms with Gasteiger partial charge in [-0.15, -0.1) is 22.7 Å². The van der Waals surface area contributed by atoms with Gasteiger partial charge in [-0.05, 0) is 76.9 Å². The molecule has 0 spiro atoms. The third-order valence-electron chi connectivity index (χ3n) is 7.27. The third kappa shape index (κ3) is 8.73. The second-order valence-electron chi connectivity index (χ2n) is 12.6. The van der Waals surface area contributed by atoms with Gasteiger partial charge in [-0.1, -0.05) is 23.2 Å². The molecule has 2 aromatic carbocycles. The Hall–Kier alpha value is -3.98. The summed E-state index contributed by atoms with van der Waals surface area (Å²) in [5, 5.41) is 12.5. The Morgan fingerprint density at radius 2 is 1.10 bits per heavy atom. The minimum absolute atomic E-state index is 0.199. The van der Waals surface area contributed by atoms with E-state index in [0.29, 0.717) is 43.7 Å². The molecule has 6 rings (SSSR count). The van der Waals surface area contributed by atoms with Crippen LogP contribution in [0.4, 0.5) is 8.78 Å². The fourth-order valence-corrected chi connectivity index (χ4v) is 7.28. The second kappa shape index (κ2) is 13.9. The van der Waals surface area contributed by atoms with Crippen LogP contribution in [-0.2, 0) is 9.59 Å². The van der Waals surface area contributed by atoms with Gasteiger partial charge in [0.1, 0.15) is 43.5 Å². The van der Waals surface area contributed by atoms with Crippen molar-refractivity contribution in [3.8, 4) is 21.1 Å². The molecule has 2 aromatic heterocycles. The molecule has 2 aliphatic heterocycles. The number of thiazole rings is 2. The van der Waals surface area contributed by atoms with Gasteiger partial charge in [0.15, 0.2) is 0 Å². The van der Waals surface area contributed by atoms with Crippen molar-refractivity contribution in [3.05, 3.63) is 80.2 Å². The van der Waals surface area contributed by atoms with E-state index in [1.54, 1.807) is 12.1 Å². The maximum Gasteiger partial charge on any atom is 0.263 e. The van der Waals surface area contributed by atoms with Crippen molar-refractivity contribution in [2.45, 2.75) is 63.7 Å². The molecule has 4 amide bonds. The fourth-order valence-electron chi connectivity index (χ4n) is 5.22. The molecule has 0 saturated carbocycles. The number of hydrogen-bond donors (Lipinski definition) is 4. The fraction of sp³-hybridized carbons (Fsp3) is 0.312. The molecule has 4 aromatic rings. The summed E-state index contributed by atoms with van der Waals surface area (Å²) in [5.74, 6) is -2.09. The molecule has 2 saturated heterocycles. The van der Waals surface area contributed by atoms with E-state index in [4.69, 9.17) is 23.2 Å². The van der Waals surface area contributed by atoms with Gasteiger partial charge in [-0.2, -0.15) is 0 Å². The quantitative estimate of drug-likeness (QED) is 0.192. The van der Waals surface area contributed by atoms with Crippen LogP contribution in [-0.4, -0.2) is 56.8 Å². The first-order valence-electron chi connectivity index (χ1n) is 14.6. The van der Waals surface area contributed by atoms with E-state index in [1.165, 1.54) is 36.7 Å². The molecule has 4 heterocycles. The van der Waals surface area contributed by atoms with Crippen molar-refractivity contribution < 1.29 is 28.0 Å². The summed E-state index contributed by atoms with van der Waals surface area (Å²) in [6, 6.07) is 7.04. The van der Waals surface area contributed by atoms with Crippen LogP contribution in [0.25, 0.3) is 21.1 Å². The predicted octanol–water partition coefficient (Wildman–Crippen LogP) is 6.00. The summed E-state index contributed by atoms with van der Waals surface area (Å²) >= 11 is 13.9.